The molecule has 0 aliphatic heterocycles. The quantitative estimate of drug-likeness (QED) is 0.386. The Morgan fingerprint density at radius 1 is 1.30 bits per heavy atom. The number of aromatic hydroxyl groups is 2. The van der Waals surface area contributed by atoms with E-state index in [1.165, 1.54) is 24.3 Å². The van der Waals surface area contributed by atoms with Gasteiger partial charge in [-0.1, -0.05) is 12.1 Å². The molecule has 0 radical (unpaired) electrons. The lowest BCUT2D eigenvalue weighted by Crippen LogP contribution is -2.47. The third-order valence-corrected chi connectivity index (χ3v) is 2.49. The van der Waals surface area contributed by atoms with Crippen LogP contribution in [-0.4, -0.2) is 39.9 Å². The van der Waals surface area contributed by atoms with Crippen LogP contribution >= 0.6 is 0 Å². The van der Waals surface area contributed by atoms with Crippen LogP contribution in [0, 0.1) is 0 Å². The van der Waals surface area contributed by atoms with Gasteiger partial charge in [-0.15, -0.1) is 6.58 Å². The first-order chi connectivity index (χ1) is 9.43. The highest BCUT2D eigenvalue weighted by molar-refractivity contribution is 5.82. The molecule has 0 aromatic heterocycles. The predicted octanol–water partition coefficient (Wildman–Crippen LogP) is 0.579. The van der Waals surface area contributed by atoms with Crippen LogP contribution in [0.2, 0.25) is 0 Å². The number of hydrogen-bond acceptors (Lipinski definition) is 4. The number of benzene rings is 1. The standard InChI is InChI=1S/C13H16N2O5/c1-2-5-14-13(20)15-9(12(18)19)6-8-3-4-10(16)11(17)7-8/h2-4,7,9,16-17H,1,5-6H2,(H,18,19)(H2,14,15,20)/t9-/m0/s1. The van der Waals surface area contributed by atoms with Gasteiger partial charge in [-0.25, -0.2) is 9.59 Å². The number of carbonyl (C=O) groups excluding carboxylic acids is 1. The molecule has 0 fully saturated rings. The van der Waals surface area contributed by atoms with Crippen molar-refractivity contribution < 1.29 is 24.9 Å². The summed E-state index contributed by atoms with van der Waals surface area (Å²) in [5, 5.41) is 32.3. The van der Waals surface area contributed by atoms with Gasteiger partial charge in [0.2, 0.25) is 0 Å². The molecule has 1 rings (SSSR count). The number of carboxylic acids is 1. The van der Waals surface area contributed by atoms with E-state index in [-0.39, 0.29) is 24.5 Å². The Bertz CT molecular complexity index is 515. The van der Waals surface area contributed by atoms with Gasteiger partial charge in [-0.05, 0) is 17.7 Å². The number of carboxylic acid groups (broad SMARTS) is 1. The zero-order chi connectivity index (χ0) is 15.1. The minimum absolute atomic E-state index is 0.0231. The number of aliphatic carboxylic acids is 1. The van der Waals surface area contributed by atoms with Crippen molar-refractivity contribution in [1.82, 2.24) is 10.6 Å². The SMILES string of the molecule is C=CCNC(=O)N[C@@H](Cc1ccc(O)c(O)c1)C(=O)O. The van der Waals surface area contributed by atoms with Crippen LogP contribution in [0.3, 0.4) is 0 Å². The van der Waals surface area contributed by atoms with E-state index in [2.05, 4.69) is 17.2 Å². The van der Waals surface area contributed by atoms with Gasteiger partial charge < -0.3 is 26.0 Å². The summed E-state index contributed by atoms with van der Waals surface area (Å²) in [5.74, 6) is -1.84. The molecule has 7 nitrogen and oxygen atoms in total. The Balaban J connectivity index is 2.71. The average Bonchev–Trinajstić information content (AvgIpc) is 2.39. The van der Waals surface area contributed by atoms with Crippen molar-refractivity contribution in [3.8, 4) is 11.5 Å². The zero-order valence-electron chi connectivity index (χ0n) is 10.7. The molecule has 0 spiro atoms. The number of rotatable bonds is 6. The molecule has 1 aromatic carbocycles. The van der Waals surface area contributed by atoms with Crippen molar-refractivity contribution in [2.24, 2.45) is 0 Å². The Morgan fingerprint density at radius 2 is 2.00 bits per heavy atom. The molecule has 1 aromatic rings. The normalized spacial score (nSPS) is 11.4. The predicted molar refractivity (Wildman–Crippen MR) is 71.6 cm³/mol. The van der Waals surface area contributed by atoms with E-state index in [1.807, 2.05) is 0 Å². The summed E-state index contributed by atoms with van der Waals surface area (Å²) in [4.78, 5) is 22.5. The smallest absolute Gasteiger partial charge is 0.326 e. The lowest BCUT2D eigenvalue weighted by molar-refractivity contribution is -0.139. The second kappa shape index (κ2) is 7.03. The Labute approximate surface area is 115 Å². The first kappa shape index (κ1) is 15.4. The van der Waals surface area contributed by atoms with Crippen molar-refractivity contribution in [1.29, 1.82) is 0 Å². The van der Waals surface area contributed by atoms with Crippen LogP contribution in [0.1, 0.15) is 5.56 Å². The molecule has 0 heterocycles. The number of urea groups is 1. The van der Waals surface area contributed by atoms with E-state index in [4.69, 9.17) is 5.11 Å². The summed E-state index contributed by atoms with van der Waals surface area (Å²) in [6, 6.07) is 2.19. The maximum atomic E-state index is 11.4. The fourth-order valence-corrected chi connectivity index (χ4v) is 1.51. The lowest BCUT2D eigenvalue weighted by atomic mass is 10.1. The van der Waals surface area contributed by atoms with Crippen molar-refractivity contribution in [2.75, 3.05) is 6.54 Å². The molecule has 0 aliphatic carbocycles. The molecule has 0 saturated heterocycles. The van der Waals surface area contributed by atoms with Gasteiger partial charge in [0.15, 0.2) is 11.5 Å². The maximum Gasteiger partial charge on any atom is 0.326 e. The molecule has 2 amide bonds. The highest BCUT2D eigenvalue weighted by Gasteiger charge is 2.20. The number of carbonyl (C=O) groups is 2. The van der Waals surface area contributed by atoms with Crippen molar-refractivity contribution in [3.63, 3.8) is 0 Å². The Kier molecular flexibility index (Phi) is 5.40. The average molecular weight is 280 g/mol. The molecule has 0 bridgehead atoms. The lowest BCUT2D eigenvalue weighted by Gasteiger charge is -2.15. The molecule has 0 saturated carbocycles. The monoisotopic (exact) mass is 280 g/mol. The van der Waals surface area contributed by atoms with Crippen LogP contribution in [0.15, 0.2) is 30.9 Å². The molecule has 7 heteroatoms. The van der Waals surface area contributed by atoms with E-state index in [0.29, 0.717) is 5.56 Å². The van der Waals surface area contributed by atoms with Gasteiger partial charge in [0.1, 0.15) is 6.04 Å². The number of phenolic OH excluding ortho intramolecular Hbond substituents is 2. The summed E-state index contributed by atoms with van der Waals surface area (Å²) >= 11 is 0. The molecular formula is C13H16N2O5. The number of phenols is 2. The summed E-state index contributed by atoms with van der Waals surface area (Å²) in [6.45, 7) is 3.64. The molecule has 108 valence electrons. The Hall–Kier alpha value is -2.70. The van der Waals surface area contributed by atoms with Crippen LogP contribution in [0.25, 0.3) is 0 Å². The Morgan fingerprint density at radius 3 is 2.55 bits per heavy atom. The maximum absolute atomic E-state index is 11.4. The van der Waals surface area contributed by atoms with Crippen LogP contribution in [-0.2, 0) is 11.2 Å². The van der Waals surface area contributed by atoms with Gasteiger partial charge in [0.25, 0.3) is 0 Å². The summed E-state index contributed by atoms with van der Waals surface area (Å²) < 4.78 is 0. The number of nitrogens with one attached hydrogen (secondary N) is 2. The van der Waals surface area contributed by atoms with Gasteiger partial charge in [-0.2, -0.15) is 0 Å². The van der Waals surface area contributed by atoms with E-state index in [1.54, 1.807) is 0 Å². The minimum atomic E-state index is -1.20. The fraction of sp³-hybridized carbons (Fsp3) is 0.231. The second-order valence-corrected chi connectivity index (χ2v) is 4.06. The fourth-order valence-electron chi connectivity index (χ4n) is 1.51. The van der Waals surface area contributed by atoms with E-state index in [0.717, 1.165) is 0 Å². The molecule has 5 N–H and O–H groups in total. The minimum Gasteiger partial charge on any atom is -0.504 e. The second-order valence-electron chi connectivity index (χ2n) is 4.06. The number of hydrogen-bond donors (Lipinski definition) is 5. The largest absolute Gasteiger partial charge is 0.504 e. The van der Waals surface area contributed by atoms with Gasteiger partial charge in [0, 0.05) is 13.0 Å². The molecule has 20 heavy (non-hydrogen) atoms. The van der Waals surface area contributed by atoms with E-state index in [9.17, 15) is 19.8 Å². The van der Waals surface area contributed by atoms with Gasteiger partial charge in [0.05, 0.1) is 0 Å². The zero-order valence-corrected chi connectivity index (χ0v) is 10.7. The van der Waals surface area contributed by atoms with Gasteiger partial charge >= 0.3 is 12.0 Å². The third-order valence-electron chi connectivity index (χ3n) is 2.49. The van der Waals surface area contributed by atoms with E-state index < -0.39 is 18.0 Å². The van der Waals surface area contributed by atoms with Crippen LogP contribution < -0.4 is 10.6 Å². The van der Waals surface area contributed by atoms with Crippen molar-refractivity contribution in [3.05, 3.63) is 36.4 Å². The summed E-state index contributed by atoms with van der Waals surface area (Å²) in [6.07, 6.45) is 1.44. The third kappa shape index (κ3) is 4.52. The molecule has 0 aliphatic rings. The van der Waals surface area contributed by atoms with Crippen LogP contribution in [0.5, 0.6) is 11.5 Å². The first-order valence-corrected chi connectivity index (χ1v) is 5.83. The highest BCUT2D eigenvalue weighted by Crippen LogP contribution is 2.25. The molecule has 1 atom stereocenters. The first-order valence-electron chi connectivity index (χ1n) is 5.83. The van der Waals surface area contributed by atoms with Crippen molar-refractivity contribution in [2.45, 2.75) is 12.5 Å². The summed E-state index contributed by atoms with van der Waals surface area (Å²) in [7, 11) is 0. The van der Waals surface area contributed by atoms with Crippen LogP contribution in [0.4, 0.5) is 4.79 Å². The van der Waals surface area contributed by atoms with Gasteiger partial charge in [-0.3, -0.25) is 0 Å². The van der Waals surface area contributed by atoms with E-state index >= 15 is 0 Å². The molecular weight excluding hydrogens is 264 g/mol. The summed E-state index contributed by atoms with van der Waals surface area (Å²) in [5.41, 5.74) is 0.469. The number of amides is 2. The highest BCUT2D eigenvalue weighted by atomic mass is 16.4. The molecule has 0 unspecified atom stereocenters. The van der Waals surface area contributed by atoms with Crippen molar-refractivity contribution >= 4 is 12.0 Å². The topological polar surface area (TPSA) is 119 Å².